The fraction of sp³-hybridized carbons (Fsp3) is 0.588. The first-order valence-electron chi connectivity index (χ1n) is 7.91. The highest BCUT2D eigenvalue weighted by Crippen LogP contribution is 2.28. The third kappa shape index (κ3) is 3.44. The normalized spacial score (nSPS) is 18.2. The molecule has 1 amide bonds. The van der Waals surface area contributed by atoms with Crippen molar-refractivity contribution in [2.24, 2.45) is 5.73 Å². The number of amides is 1. The lowest BCUT2D eigenvalue weighted by molar-refractivity contribution is -0.125. The quantitative estimate of drug-likeness (QED) is 0.768. The van der Waals surface area contributed by atoms with E-state index < -0.39 is 5.54 Å². The highest BCUT2D eigenvalue weighted by atomic mass is 16.1. The number of nitrogens with one attached hydrogen (secondary N) is 1. The summed E-state index contributed by atoms with van der Waals surface area (Å²) in [7, 11) is 2.15. The highest BCUT2D eigenvalue weighted by Gasteiger charge is 2.38. The van der Waals surface area contributed by atoms with Crippen LogP contribution in [-0.2, 0) is 10.3 Å². The Labute approximate surface area is 127 Å². The van der Waals surface area contributed by atoms with Crippen molar-refractivity contribution in [1.82, 2.24) is 10.2 Å². The van der Waals surface area contributed by atoms with Crippen LogP contribution < -0.4 is 11.1 Å². The molecule has 1 unspecified atom stereocenters. The molecule has 4 nitrogen and oxygen atoms in total. The Morgan fingerprint density at radius 3 is 2.52 bits per heavy atom. The van der Waals surface area contributed by atoms with Gasteiger partial charge in [0.1, 0.15) is 5.54 Å². The van der Waals surface area contributed by atoms with Crippen LogP contribution in [0.15, 0.2) is 30.3 Å². The van der Waals surface area contributed by atoms with Crippen molar-refractivity contribution < 1.29 is 4.79 Å². The summed E-state index contributed by atoms with van der Waals surface area (Å²) < 4.78 is 0. The standard InChI is InChI=1S/C17H27N3O/c1-3-19-17(16(18)21,14-8-5-4-6-9-14)12-13-20(2)15-10-7-11-15/h4-6,8-9,15,19H,3,7,10-13H2,1-2H3,(H2,18,21). The van der Waals surface area contributed by atoms with E-state index in [1.807, 2.05) is 37.3 Å². The van der Waals surface area contributed by atoms with Crippen molar-refractivity contribution in [2.75, 3.05) is 20.1 Å². The highest BCUT2D eigenvalue weighted by molar-refractivity contribution is 5.86. The van der Waals surface area contributed by atoms with Crippen LogP contribution in [0, 0.1) is 0 Å². The minimum Gasteiger partial charge on any atom is -0.368 e. The molecule has 0 spiro atoms. The molecule has 1 aliphatic rings. The van der Waals surface area contributed by atoms with Crippen molar-refractivity contribution in [3.8, 4) is 0 Å². The molecule has 0 aromatic heterocycles. The molecule has 1 saturated carbocycles. The van der Waals surface area contributed by atoms with E-state index in [9.17, 15) is 4.79 Å². The second-order valence-electron chi connectivity index (χ2n) is 5.98. The second-order valence-corrected chi connectivity index (χ2v) is 5.98. The summed E-state index contributed by atoms with van der Waals surface area (Å²) in [5, 5.41) is 3.34. The number of benzene rings is 1. The van der Waals surface area contributed by atoms with Gasteiger partial charge in [0.05, 0.1) is 0 Å². The van der Waals surface area contributed by atoms with Gasteiger partial charge >= 0.3 is 0 Å². The molecule has 1 atom stereocenters. The first-order valence-corrected chi connectivity index (χ1v) is 7.91. The lowest BCUT2D eigenvalue weighted by atomic mass is 9.84. The summed E-state index contributed by atoms with van der Waals surface area (Å²) in [5.74, 6) is -0.294. The van der Waals surface area contributed by atoms with Gasteiger partial charge < -0.3 is 10.6 Å². The maximum atomic E-state index is 12.2. The van der Waals surface area contributed by atoms with Crippen LogP contribution in [0.3, 0.4) is 0 Å². The molecule has 0 saturated heterocycles. The zero-order valence-electron chi connectivity index (χ0n) is 13.1. The van der Waals surface area contributed by atoms with E-state index in [0.717, 1.165) is 12.1 Å². The number of hydrogen-bond donors (Lipinski definition) is 2. The lowest BCUT2D eigenvalue weighted by Crippen LogP contribution is -2.54. The lowest BCUT2D eigenvalue weighted by Gasteiger charge is -2.38. The topological polar surface area (TPSA) is 58.4 Å². The molecule has 1 aromatic rings. The van der Waals surface area contributed by atoms with E-state index >= 15 is 0 Å². The fourth-order valence-electron chi connectivity index (χ4n) is 3.07. The van der Waals surface area contributed by atoms with Crippen molar-refractivity contribution >= 4 is 5.91 Å². The summed E-state index contributed by atoms with van der Waals surface area (Å²) in [6.45, 7) is 3.59. The molecule has 0 bridgehead atoms. The van der Waals surface area contributed by atoms with Gasteiger partial charge in [-0.05, 0) is 38.4 Å². The van der Waals surface area contributed by atoms with Crippen LogP contribution in [-0.4, -0.2) is 37.0 Å². The van der Waals surface area contributed by atoms with Gasteiger partial charge in [-0.2, -0.15) is 0 Å². The van der Waals surface area contributed by atoms with Gasteiger partial charge in [0.15, 0.2) is 0 Å². The molecular weight excluding hydrogens is 262 g/mol. The Kier molecular flexibility index (Phi) is 5.37. The van der Waals surface area contributed by atoms with Crippen LogP contribution in [0.4, 0.5) is 0 Å². The number of hydrogen-bond acceptors (Lipinski definition) is 3. The Morgan fingerprint density at radius 2 is 2.05 bits per heavy atom. The number of carbonyl (C=O) groups is 1. The Morgan fingerprint density at radius 1 is 1.38 bits per heavy atom. The molecular formula is C17H27N3O. The number of rotatable bonds is 8. The summed E-state index contributed by atoms with van der Waals surface area (Å²) in [4.78, 5) is 14.6. The number of carbonyl (C=O) groups excluding carboxylic acids is 1. The summed E-state index contributed by atoms with van der Waals surface area (Å²) in [5.41, 5.74) is 5.97. The predicted molar refractivity (Wildman–Crippen MR) is 85.9 cm³/mol. The van der Waals surface area contributed by atoms with Crippen LogP contribution in [0.1, 0.15) is 38.2 Å². The molecule has 1 aliphatic carbocycles. The molecule has 21 heavy (non-hydrogen) atoms. The third-order valence-corrected chi connectivity index (χ3v) is 4.70. The van der Waals surface area contributed by atoms with Crippen LogP contribution in [0.2, 0.25) is 0 Å². The predicted octanol–water partition coefficient (Wildman–Crippen LogP) is 1.85. The van der Waals surface area contributed by atoms with E-state index in [1.54, 1.807) is 0 Å². The van der Waals surface area contributed by atoms with Crippen molar-refractivity contribution in [3.63, 3.8) is 0 Å². The van der Waals surface area contributed by atoms with Gasteiger partial charge in [-0.3, -0.25) is 10.1 Å². The van der Waals surface area contributed by atoms with Crippen molar-refractivity contribution in [3.05, 3.63) is 35.9 Å². The molecule has 116 valence electrons. The third-order valence-electron chi connectivity index (χ3n) is 4.70. The maximum absolute atomic E-state index is 12.2. The molecule has 0 radical (unpaired) electrons. The molecule has 2 rings (SSSR count). The van der Waals surface area contributed by atoms with E-state index in [-0.39, 0.29) is 5.91 Å². The van der Waals surface area contributed by atoms with Crippen molar-refractivity contribution in [1.29, 1.82) is 0 Å². The van der Waals surface area contributed by atoms with Gasteiger partial charge in [0.2, 0.25) is 5.91 Å². The smallest absolute Gasteiger partial charge is 0.242 e. The number of nitrogens with zero attached hydrogens (tertiary/aromatic N) is 1. The molecule has 0 aliphatic heterocycles. The Hall–Kier alpha value is -1.39. The average molecular weight is 289 g/mol. The van der Waals surface area contributed by atoms with Crippen LogP contribution >= 0.6 is 0 Å². The summed E-state index contributed by atoms with van der Waals surface area (Å²) >= 11 is 0. The fourth-order valence-corrected chi connectivity index (χ4v) is 3.07. The monoisotopic (exact) mass is 289 g/mol. The van der Waals surface area contributed by atoms with Gasteiger partial charge in [-0.15, -0.1) is 0 Å². The van der Waals surface area contributed by atoms with E-state index in [4.69, 9.17) is 5.73 Å². The Balaban J connectivity index is 2.16. The molecule has 4 heteroatoms. The maximum Gasteiger partial charge on any atom is 0.242 e. The van der Waals surface area contributed by atoms with Gasteiger partial charge in [-0.25, -0.2) is 0 Å². The van der Waals surface area contributed by atoms with Crippen LogP contribution in [0.5, 0.6) is 0 Å². The van der Waals surface area contributed by atoms with E-state index in [1.165, 1.54) is 19.3 Å². The largest absolute Gasteiger partial charge is 0.368 e. The number of nitrogens with two attached hydrogens (primary N) is 1. The van der Waals surface area contributed by atoms with Gasteiger partial charge in [0.25, 0.3) is 0 Å². The average Bonchev–Trinajstić information content (AvgIpc) is 2.42. The molecule has 1 fully saturated rings. The number of likely N-dealkylation sites (N-methyl/N-ethyl adjacent to an activating group) is 1. The summed E-state index contributed by atoms with van der Waals surface area (Å²) in [6.07, 6.45) is 4.56. The molecule has 3 N–H and O–H groups in total. The number of primary amides is 1. The first kappa shape index (κ1) is 16.0. The minimum absolute atomic E-state index is 0.294. The van der Waals surface area contributed by atoms with Gasteiger partial charge in [-0.1, -0.05) is 43.7 Å². The zero-order chi connectivity index (χ0) is 15.3. The second kappa shape index (κ2) is 7.05. The van der Waals surface area contributed by atoms with E-state index in [2.05, 4.69) is 17.3 Å². The SMILES string of the molecule is CCNC(CCN(C)C1CCC1)(C(N)=O)c1ccccc1. The Bertz CT molecular complexity index is 458. The first-order chi connectivity index (χ1) is 10.1. The van der Waals surface area contributed by atoms with Crippen LogP contribution in [0.25, 0.3) is 0 Å². The minimum atomic E-state index is -0.770. The molecule has 1 aromatic carbocycles. The summed E-state index contributed by atoms with van der Waals surface area (Å²) in [6, 6.07) is 10.5. The molecule has 0 heterocycles. The van der Waals surface area contributed by atoms with Crippen molar-refractivity contribution in [2.45, 2.75) is 44.2 Å². The zero-order valence-corrected chi connectivity index (χ0v) is 13.1. The van der Waals surface area contributed by atoms with E-state index in [0.29, 0.717) is 19.0 Å². The van der Waals surface area contributed by atoms with Gasteiger partial charge in [0, 0.05) is 12.6 Å².